The summed E-state index contributed by atoms with van der Waals surface area (Å²) in [7, 11) is 0. The Morgan fingerprint density at radius 2 is 1.79 bits per heavy atom. The van der Waals surface area contributed by atoms with E-state index in [1.807, 2.05) is 0 Å². The summed E-state index contributed by atoms with van der Waals surface area (Å²) in [6, 6.07) is 0. The highest BCUT2D eigenvalue weighted by atomic mass is 16.7. The third-order valence-electron chi connectivity index (χ3n) is 3.65. The molecule has 2 nitrogen and oxygen atoms in total. The molecule has 2 aliphatic rings. The highest BCUT2D eigenvalue weighted by Gasteiger charge is 2.39. The normalized spacial score (nSPS) is 27.2. The van der Waals surface area contributed by atoms with E-state index in [1.165, 1.54) is 32.1 Å². The lowest BCUT2D eigenvalue weighted by Gasteiger charge is -2.35. The Labute approximate surface area is 87.0 Å². The van der Waals surface area contributed by atoms with Crippen molar-refractivity contribution in [3.63, 3.8) is 0 Å². The molecule has 1 aliphatic carbocycles. The molecule has 0 radical (unpaired) electrons. The molecular formula is C12H22O2. The quantitative estimate of drug-likeness (QED) is 0.693. The molecule has 0 bridgehead atoms. The maximum Gasteiger partial charge on any atom is 0.168 e. The van der Waals surface area contributed by atoms with Crippen LogP contribution in [0.15, 0.2) is 0 Å². The van der Waals surface area contributed by atoms with E-state index < -0.39 is 0 Å². The molecule has 1 heterocycles. The summed E-state index contributed by atoms with van der Waals surface area (Å²) in [6.45, 7) is 3.88. The predicted octanol–water partition coefficient (Wildman–Crippen LogP) is 3.11. The monoisotopic (exact) mass is 198 g/mol. The van der Waals surface area contributed by atoms with Crippen molar-refractivity contribution in [2.24, 2.45) is 5.92 Å². The van der Waals surface area contributed by atoms with Gasteiger partial charge in [-0.15, -0.1) is 0 Å². The van der Waals surface area contributed by atoms with Gasteiger partial charge in [-0.1, -0.05) is 26.2 Å². The minimum absolute atomic E-state index is 0.150. The standard InChI is InChI=1S/C12H22O2/c1-2-3-4-11-5-7-12(8-6-11)13-9-10-14-12/h11H,2-10H2,1H3. The Morgan fingerprint density at radius 1 is 1.14 bits per heavy atom. The fraction of sp³-hybridized carbons (Fsp3) is 1.00. The highest BCUT2D eigenvalue weighted by molar-refractivity contribution is 4.82. The van der Waals surface area contributed by atoms with Gasteiger partial charge in [-0.2, -0.15) is 0 Å². The number of hydrogen-bond donors (Lipinski definition) is 0. The second-order valence-corrected chi connectivity index (χ2v) is 4.69. The van der Waals surface area contributed by atoms with Crippen LogP contribution in [-0.2, 0) is 9.47 Å². The van der Waals surface area contributed by atoms with E-state index in [2.05, 4.69) is 6.92 Å². The molecule has 0 aromatic rings. The summed E-state index contributed by atoms with van der Waals surface area (Å²) >= 11 is 0. The largest absolute Gasteiger partial charge is 0.348 e. The van der Waals surface area contributed by atoms with Crippen LogP contribution in [-0.4, -0.2) is 19.0 Å². The summed E-state index contributed by atoms with van der Waals surface area (Å²) in [5.41, 5.74) is 0. The molecule has 1 spiro atoms. The van der Waals surface area contributed by atoms with Gasteiger partial charge in [0.05, 0.1) is 13.2 Å². The van der Waals surface area contributed by atoms with Gasteiger partial charge in [-0.25, -0.2) is 0 Å². The molecule has 1 saturated carbocycles. The van der Waals surface area contributed by atoms with Crippen LogP contribution < -0.4 is 0 Å². The Kier molecular flexibility index (Phi) is 3.45. The van der Waals surface area contributed by atoms with Gasteiger partial charge in [0.25, 0.3) is 0 Å². The molecule has 14 heavy (non-hydrogen) atoms. The van der Waals surface area contributed by atoms with E-state index >= 15 is 0 Å². The molecule has 0 aromatic carbocycles. The Morgan fingerprint density at radius 3 is 2.36 bits per heavy atom. The van der Waals surface area contributed by atoms with Crippen molar-refractivity contribution in [2.75, 3.05) is 13.2 Å². The van der Waals surface area contributed by atoms with E-state index in [9.17, 15) is 0 Å². The average Bonchev–Trinajstić information content (AvgIpc) is 2.66. The van der Waals surface area contributed by atoms with Gasteiger partial charge >= 0.3 is 0 Å². The fourth-order valence-electron chi connectivity index (χ4n) is 2.68. The zero-order chi connectivity index (χ0) is 9.86. The van der Waals surface area contributed by atoms with Crippen LogP contribution in [0.2, 0.25) is 0 Å². The van der Waals surface area contributed by atoms with Gasteiger partial charge < -0.3 is 9.47 Å². The molecule has 0 unspecified atom stereocenters. The van der Waals surface area contributed by atoms with Crippen LogP contribution in [0, 0.1) is 5.92 Å². The van der Waals surface area contributed by atoms with Gasteiger partial charge in [0.1, 0.15) is 0 Å². The molecule has 0 amide bonds. The van der Waals surface area contributed by atoms with Gasteiger partial charge in [-0.3, -0.25) is 0 Å². The fourth-order valence-corrected chi connectivity index (χ4v) is 2.68. The molecule has 0 aromatic heterocycles. The molecule has 2 fully saturated rings. The van der Waals surface area contributed by atoms with Crippen molar-refractivity contribution in [3.8, 4) is 0 Å². The van der Waals surface area contributed by atoms with E-state index in [0.29, 0.717) is 0 Å². The van der Waals surface area contributed by atoms with Crippen LogP contribution in [0.25, 0.3) is 0 Å². The molecule has 0 N–H and O–H groups in total. The molecule has 1 saturated heterocycles. The van der Waals surface area contributed by atoms with Crippen molar-refractivity contribution in [3.05, 3.63) is 0 Å². The first kappa shape index (κ1) is 10.4. The molecular weight excluding hydrogens is 176 g/mol. The number of rotatable bonds is 3. The third kappa shape index (κ3) is 2.29. The summed E-state index contributed by atoms with van der Waals surface area (Å²) in [5, 5.41) is 0. The molecule has 0 atom stereocenters. The van der Waals surface area contributed by atoms with Gasteiger partial charge in [0.15, 0.2) is 5.79 Å². The third-order valence-corrected chi connectivity index (χ3v) is 3.65. The highest BCUT2D eigenvalue weighted by Crippen LogP contribution is 2.39. The molecule has 2 rings (SSSR count). The van der Waals surface area contributed by atoms with Crippen molar-refractivity contribution in [2.45, 2.75) is 57.7 Å². The Balaban J connectivity index is 1.74. The number of ether oxygens (including phenoxy) is 2. The minimum atomic E-state index is -0.150. The van der Waals surface area contributed by atoms with E-state index in [-0.39, 0.29) is 5.79 Å². The van der Waals surface area contributed by atoms with Crippen molar-refractivity contribution >= 4 is 0 Å². The van der Waals surface area contributed by atoms with Crippen LogP contribution in [0.1, 0.15) is 51.9 Å². The first-order chi connectivity index (χ1) is 6.85. The van der Waals surface area contributed by atoms with Crippen molar-refractivity contribution in [1.82, 2.24) is 0 Å². The zero-order valence-corrected chi connectivity index (χ0v) is 9.26. The topological polar surface area (TPSA) is 18.5 Å². The summed E-state index contributed by atoms with van der Waals surface area (Å²) in [4.78, 5) is 0. The van der Waals surface area contributed by atoms with Gasteiger partial charge in [0, 0.05) is 12.8 Å². The van der Waals surface area contributed by atoms with Crippen molar-refractivity contribution < 1.29 is 9.47 Å². The maximum atomic E-state index is 5.71. The summed E-state index contributed by atoms with van der Waals surface area (Å²) in [5.74, 6) is 0.788. The van der Waals surface area contributed by atoms with E-state index in [4.69, 9.17) is 9.47 Å². The lowest BCUT2D eigenvalue weighted by molar-refractivity contribution is -0.182. The van der Waals surface area contributed by atoms with Gasteiger partial charge in [0.2, 0.25) is 0 Å². The van der Waals surface area contributed by atoms with E-state index in [0.717, 1.165) is 32.0 Å². The van der Waals surface area contributed by atoms with E-state index in [1.54, 1.807) is 0 Å². The maximum absolute atomic E-state index is 5.71. The Bertz CT molecular complexity index is 163. The minimum Gasteiger partial charge on any atom is -0.348 e. The summed E-state index contributed by atoms with van der Waals surface area (Å²) in [6.07, 6.45) is 8.99. The van der Waals surface area contributed by atoms with Crippen molar-refractivity contribution in [1.29, 1.82) is 0 Å². The van der Waals surface area contributed by atoms with Crippen LogP contribution in [0.5, 0.6) is 0 Å². The lowest BCUT2D eigenvalue weighted by Crippen LogP contribution is -2.35. The summed E-state index contributed by atoms with van der Waals surface area (Å²) < 4.78 is 11.4. The Hall–Kier alpha value is -0.0800. The average molecular weight is 198 g/mol. The number of hydrogen-bond acceptors (Lipinski definition) is 2. The second kappa shape index (κ2) is 4.63. The SMILES string of the molecule is CCCCC1CCC2(CC1)OCCO2. The first-order valence-electron chi connectivity index (χ1n) is 6.12. The lowest BCUT2D eigenvalue weighted by atomic mass is 9.82. The zero-order valence-electron chi connectivity index (χ0n) is 9.26. The predicted molar refractivity (Wildman–Crippen MR) is 56.1 cm³/mol. The number of unbranched alkanes of at least 4 members (excludes halogenated alkanes) is 1. The smallest absolute Gasteiger partial charge is 0.168 e. The van der Waals surface area contributed by atoms with Crippen LogP contribution in [0.3, 0.4) is 0 Å². The van der Waals surface area contributed by atoms with Crippen LogP contribution in [0.4, 0.5) is 0 Å². The molecule has 1 aliphatic heterocycles. The molecule has 2 heteroatoms. The molecule has 82 valence electrons. The van der Waals surface area contributed by atoms with Crippen LogP contribution >= 0.6 is 0 Å². The second-order valence-electron chi connectivity index (χ2n) is 4.69. The van der Waals surface area contributed by atoms with Gasteiger partial charge in [-0.05, 0) is 18.8 Å². The first-order valence-corrected chi connectivity index (χ1v) is 6.12.